The zero-order valence-corrected chi connectivity index (χ0v) is 61.6. The minimum Gasteiger partial charge on any atom is -0.462 e. The van der Waals surface area contributed by atoms with E-state index in [1.807, 2.05) is 0 Å². The van der Waals surface area contributed by atoms with Crippen LogP contribution in [0.25, 0.3) is 0 Å². The molecule has 0 radical (unpaired) electrons. The van der Waals surface area contributed by atoms with Crippen LogP contribution in [0.1, 0.15) is 375 Å². The van der Waals surface area contributed by atoms with E-state index in [0.29, 0.717) is 25.7 Å². The standard InChI is InChI=1S/C73H142O17P2/c1-7-9-11-13-15-17-18-19-20-21-22-23-24-25-26-27-31-39-45-51-57-72(77)89-68(62-84-71(76)56-50-44-38-32-28-30-35-41-47-53-65(3)4)63-87-91(79,80)85-59-67(74)60-86-92(81,82)88-64-69(61-83-70(75)55-49-43-37-29-16-14-12-10-8-2)90-73(78)58-52-46-40-34-33-36-42-48-54-66(5)6/h65-69,74H,7-64H2,1-6H3,(H,79,80)(H,81,82)/t67-,68-,69-/m1/s1. The lowest BCUT2D eigenvalue weighted by Crippen LogP contribution is -2.30. The topological polar surface area (TPSA) is 237 Å². The van der Waals surface area contributed by atoms with Crippen molar-refractivity contribution in [2.75, 3.05) is 39.6 Å². The number of aliphatic hydroxyl groups excluding tert-OH is 1. The summed E-state index contributed by atoms with van der Waals surface area (Å²) in [5.74, 6) is -0.662. The molecule has 17 nitrogen and oxygen atoms in total. The third-order valence-electron chi connectivity index (χ3n) is 17.0. The number of unbranched alkanes of at least 4 members (excludes halogenated alkanes) is 42. The first kappa shape index (κ1) is 90.1. The maximum atomic E-state index is 13.0. The van der Waals surface area contributed by atoms with E-state index in [0.717, 1.165) is 102 Å². The third kappa shape index (κ3) is 66.7. The van der Waals surface area contributed by atoms with Gasteiger partial charge < -0.3 is 33.8 Å². The fourth-order valence-electron chi connectivity index (χ4n) is 11.1. The van der Waals surface area contributed by atoms with Gasteiger partial charge in [0.1, 0.15) is 19.3 Å². The van der Waals surface area contributed by atoms with Gasteiger partial charge in [-0.3, -0.25) is 37.3 Å². The number of rotatable bonds is 72. The van der Waals surface area contributed by atoms with E-state index in [1.165, 1.54) is 193 Å². The summed E-state index contributed by atoms with van der Waals surface area (Å²) in [5, 5.41) is 10.6. The van der Waals surface area contributed by atoms with Gasteiger partial charge in [-0.15, -0.1) is 0 Å². The summed E-state index contributed by atoms with van der Waals surface area (Å²) < 4.78 is 68.3. The fourth-order valence-corrected chi connectivity index (χ4v) is 12.7. The Morgan fingerprint density at radius 1 is 0.293 bits per heavy atom. The van der Waals surface area contributed by atoms with Crippen molar-refractivity contribution in [3.63, 3.8) is 0 Å². The molecular weight excluding hydrogens is 1210 g/mol. The van der Waals surface area contributed by atoms with Gasteiger partial charge in [-0.05, 0) is 37.5 Å². The number of ether oxygens (including phenoxy) is 4. The molecule has 0 amide bonds. The quantitative estimate of drug-likeness (QED) is 0.0222. The molecule has 0 spiro atoms. The third-order valence-corrected chi connectivity index (χ3v) is 18.9. The first-order chi connectivity index (χ1) is 44.4. The summed E-state index contributed by atoms with van der Waals surface area (Å²) >= 11 is 0. The molecule has 0 saturated carbocycles. The summed E-state index contributed by atoms with van der Waals surface area (Å²) in [7, 11) is -9.90. The minimum atomic E-state index is -4.95. The molecular formula is C73H142O17P2. The van der Waals surface area contributed by atoms with E-state index in [9.17, 15) is 43.2 Å². The summed E-state index contributed by atoms with van der Waals surface area (Å²) in [6, 6.07) is 0. The molecule has 92 heavy (non-hydrogen) atoms. The molecule has 0 aliphatic rings. The van der Waals surface area contributed by atoms with Gasteiger partial charge in [-0.1, -0.05) is 324 Å². The number of aliphatic hydroxyl groups is 1. The summed E-state index contributed by atoms with van der Waals surface area (Å²) in [6.45, 7) is 9.49. The summed E-state index contributed by atoms with van der Waals surface area (Å²) in [4.78, 5) is 72.6. The van der Waals surface area contributed by atoms with Crippen LogP contribution >= 0.6 is 15.6 Å². The van der Waals surface area contributed by atoms with Crippen LogP contribution in [0.5, 0.6) is 0 Å². The molecule has 19 heteroatoms. The van der Waals surface area contributed by atoms with Gasteiger partial charge >= 0.3 is 39.5 Å². The molecule has 0 aliphatic carbocycles. The monoisotopic (exact) mass is 1350 g/mol. The van der Waals surface area contributed by atoms with Crippen LogP contribution in [0, 0.1) is 11.8 Å². The van der Waals surface area contributed by atoms with Crippen LogP contribution in [0.2, 0.25) is 0 Å². The Labute approximate surface area is 562 Å². The normalized spacial score (nSPS) is 14.1. The van der Waals surface area contributed by atoms with Crippen molar-refractivity contribution in [3.8, 4) is 0 Å². The van der Waals surface area contributed by atoms with Gasteiger partial charge in [0.05, 0.1) is 26.4 Å². The Bertz CT molecular complexity index is 1790. The lowest BCUT2D eigenvalue weighted by atomic mass is 10.0. The maximum absolute atomic E-state index is 13.0. The molecule has 0 aromatic carbocycles. The predicted molar refractivity (Wildman–Crippen MR) is 372 cm³/mol. The highest BCUT2D eigenvalue weighted by atomic mass is 31.2. The molecule has 0 fully saturated rings. The van der Waals surface area contributed by atoms with E-state index < -0.39 is 97.5 Å². The predicted octanol–water partition coefficient (Wildman–Crippen LogP) is 21.2. The van der Waals surface area contributed by atoms with Crippen molar-refractivity contribution < 1.29 is 80.2 Å². The Hall–Kier alpha value is -1.94. The molecule has 0 bridgehead atoms. The first-order valence-electron chi connectivity index (χ1n) is 38.0. The van der Waals surface area contributed by atoms with Crippen molar-refractivity contribution in [2.24, 2.45) is 11.8 Å². The number of carbonyl (C=O) groups excluding carboxylic acids is 4. The number of esters is 4. The number of carbonyl (C=O) groups is 4. The highest BCUT2D eigenvalue weighted by Gasteiger charge is 2.30. The SMILES string of the molecule is CCCCCCCCCCCCCCCCCCCCCCC(=O)O[C@H](COC(=O)CCCCCCCCCCCC(C)C)COP(=O)(O)OC[C@@H](O)COP(=O)(O)OC[C@@H](COC(=O)CCCCCCCCCCC)OC(=O)CCCCCCCCCCC(C)C. The minimum absolute atomic E-state index is 0.104. The molecule has 0 heterocycles. The molecule has 0 rings (SSSR count). The average Bonchev–Trinajstić information content (AvgIpc) is 3.42. The first-order valence-corrected chi connectivity index (χ1v) is 41.0. The van der Waals surface area contributed by atoms with Crippen molar-refractivity contribution in [1.82, 2.24) is 0 Å². The molecule has 0 aromatic heterocycles. The van der Waals surface area contributed by atoms with E-state index in [1.54, 1.807) is 0 Å². The number of phosphoric ester groups is 2. The molecule has 546 valence electrons. The van der Waals surface area contributed by atoms with Gasteiger partial charge in [-0.2, -0.15) is 0 Å². The van der Waals surface area contributed by atoms with Crippen LogP contribution in [-0.2, 0) is 65.4 Å². The Morgan fingerprint density at radius 2 is 0.500 bits per heavy atom. The molecule has 0 saturated heterocycles. The van der Waals surface area contributed by atoms with Crippen LogP contribution < -0.4 is 0 Å². The van der Waals surface area contributed by atoms with E-state index >= 15 is 0 Å². The van der Waals surface area contributed by atoms with Gasteiger partial charge in [-0.25, -0.2) is 9.13 Å². The zero-order chi connectivity index (χ0) is 67.9. The van der Waals surface area contributed by atoms with Gasteiger partial charge in [0, 0.05) is 25.7 Å². The van der Waals surface area contributed by atoms with Crippen LogP contribution in [0.3, 0.4) is 0 Å². The second-order valence-electron chi connectivity index (χ2n) is 27.3. The van der Waals surface area contributed by atoms with Crippen molar-refractivity contribution >= 4 is 39.5 Å². The van der Waals surface area contributed by atoms with Crippen molar-refractivity contribution in [1.29, 1.82) is 0 Å². The van der Waals surface area contributed by atoms with Crippen molar-refractivity contribution in [3.05, 3.63) is 0 Å². The molecule has 5 atom stereocenters. The molecule has 3 N–H and O–H groups in total. The molecule has 0 aliphatic heterocycles. The van der Waals surface area contributed by atoms with Crippen LogP contribution in [0.15, 0.2) is 0 Å². The highest BCUT2D eigenvalue weighted by molar-refractivity contribution is 7.47. The summed E-state index contributed by atoms with van der Waals surface area (Å²) in [5.41, 5.74) is 0. The van der Waals surface area contributed by atoms with Crippen LogP contribution in [-0.4, -0.2) is 96.7 Å². The second kappa shape index (κ2) is 65.0. The Morgan fingerprint density at radius 3 is 0.739 bits per heavy atom. The number of hydrogen-bond donors (Lipinski definition) is 3. The number of phosphoric acid groups is 2. The highest BCUT2D eigenvalue weighted by Crippen LogP contribution is 2.45. The van der Waals surface area contributed by atoms with E-state index in [2.05, 4.69) is 41.5 Å². The summed E-state index contributed by atoms with van der Waals surface area (Å²) in [6.07, 6.45) is 51.5. The second-order valence-corrected chi connectivity index (χ2v) is 30.2. The zero-order valence-electron chi connectivity index (χ0n) is 59.9. The van der Waals surface area contributed by atoms with E-state index in [4.69, 9.17) is 37.0 Å². The molecule has 2 unspecified atom stereocenters. The van der Waals surface area contributed by atoms with E-state index in [-0.39, 0.29) is 25.7 Å². The Balaban J connectivity index is 5.19. The maximum Gasteiger partial charge on any atom is 0.472 e. The van der Waals surface area contributed by atoms with Gasteiger partial charge in [0.15, 0.2) is 12.2 Å². The largest absolute Gasteiger partial charge is 0.472 e. The Kier molecular flexibility index (Phi) is 63.7. The fraction of sp³-hybridized carbons (Fsp3) is 0.945. The lowest BCUT2D eigenvalue weighted by molar-refractivity contribution is -0.161. The van der Waals surface area contributed by atoms with Gasteiger partial charge in [0.25, 0.3) is 0 Å². The number of hydrogen-bond acceptors (Lipinski definition) is 15. The molecule has 0 aromatic rings. The lowest BCUT2D eigenvalue weighted by Gasteiger charge is -2.21. The average molecular weight is 1350 g/mol. The smallest absolute Gasteiger partial charge is 0.462 e. The van der Waals surface area contributed by atoms with Crippen LogP contribution in [0.4, 0.5) is 0 Å². The van der Waals surface area contributed by atoms with Crippen molar-refractivity contribution in [2.45, 2.75) is 394 Å². The van der Waals surface area contributed by atoms with Gasteiger partial charge in [0.2, 0.25) is 0 Å².